The van der Waals surface area contributed by atoms with Crippen LogP contribution in [0.1, 0.15) is 32.3 Å². The second-order valence-corrected chi connectivity index (χ2v) is 4.92. The average molecular weight is 219 g/mol. The Morgan fingerprint density at radius 3 is 2.69 bits per heavy atom. The number of aromatic nitrogens is 2. The molecule has 0 bridgehead atoms. The van der Waals surface area contributed by atoms with E-state index < -0.39 is 0 Å². The highest BCUT2D eigenvalue weighted by atomic mass is 16.3. The van der Waals surface area contributed by atoms with E-state index in [9.17, 15) is 0 Å². The number of furan rings is 1. The van der Waals surface area contributed by atoms with Gasteiger partial charge in [0.1, 0.15) is 5.82 Å². The molecule has 0 aliphatic heterocycles. The number of hydrogen-bond acceptors (Lipinski definition) is 4. The van der Waals surface area contributed by atoms with E-state index in [1.807, 2.05) is 6.07 Å². The van der Waals surface area contributed by atoms with Gasteiger partial charge in [-0.3, -0.25) is 0 Å². The zero-order chi connectivity index (χ0) is 11.8. The Bertz CT molecular complexity index is 496. The topological polar surface area (TPSA) is 64.9 Å². The molecule has 0 unspecified atom stereocenters. The summed E-state index contributed by atoms with van der Waals surface area (Å²) < 4.78 is 5.35. The fourth-order valence-electron chi connectivity index (χ4n) is 1.71. The minimum atomic E-state index is -0.0194. The van der Waals surface area contributed by atoms with Gasteiger partial charge in [0.15, 0.2) is 0 Å². The zero-order valence-electron chi connectivity index (χ0n) is 9.95. The molecule has 0 spiro atoms. The Labute approximate surface area is 94.9 Å². The van der Waals surface area contributed by atoms with E-state index in [0.29, 0.717) is 18.7 Å². The third-order valence-electron chi connectivity index (χ3n) is 2.45. The third-order valence-corrected chi connectivity index (χ3v) is 2.45. The van der Waals surface area contributed by atoms with Crippen molar-refractivity contribution < 1.29 is 4.42 Å². The predicted molar refractivity (Wildman–Crippen MR) is 63.3 cm³/mol. The summed E-state index contributed by atoms with van der Waals surface area (Å²) >= 11 is 0. The van der Waals surface area contributed by atoms with E-state index in [1.165, 1.54) is 0 Å². The van der Waals surface area contributed by atoms with Gasteiger partial charge in [-0.1, -0.05) is 20.8 Å². The molecule has 2 rings (SSSR count). The minimum Gasteiger partial charge on any atom is -0.446 e. The van der Waals surface area contributed by atoms with Gasteiger partial charge in [-0.25, -0.2) is 4.98 Å². The van der Waals surface area contributed by atoms with Crippen LogP contribution in [0.4, 0.5) is 0 Å². The number of nitrogens with zero attached hydrogens (tertiary/aromatic N) is 2. The number of fused-ring (bicyclic) bond motifs is 1. The molecule has 2 N–H and O–H groups in total. The molecule has 0 aromatic carbocycles. The Balaban J connectivity index is 2.64. The van der Waals surface area contributed by atoms with E-state index >= 15 is 0 Å². The van der Waals surface area contributed by atoms with Gasteiger partial charge in [-0.05, 0) is 12.6 Å². The molecule has 0 atom stereocenters. The summed E-state index contributed by atoms with van der Waals surface area (Å²) in [4.78, 5) is 8.92. The van der Waals surface area contributed by atoms with E-state index in [-0.39, 0.29) is 5.41 Å². The van der Waals surface area contributed by atoms with Crippen LogP contribution in [0.2, 0.25) is 0 Å². The molecule has 0 aliphatic carbocycles. The van der Waals surface area contributed by atoms with Crippen molar-refractivity contribution in [3.8, 4) is 0 Å². The molecular weight excluding hydrogens is 202 g/mol. The molecule has 2 heterocycles. The fraction of sp³-hybridized carbons (Fsp3) is 0.500. The molecule has 2 aromatic heterocycles. The van der Waals surface area contributed by atoms with Gasteiger partial charge in [0.2, 0.25) is 5.71 Å². The molecule has 0 amide bonds. The normalized spacial score (nSPS) is 12.2. The molecule has 2 aromatic rings. The molecular formula is C12H17N3O. The fourth-order valence-corrected chi connectivity index (χ4v) is 1.71. The van der Waals surface area contributed by atoms with Gasteiger partial charge in [0, 0.05) is 11.8 Å². The first-order valence-electron chi connectivity index (χ1n) is 5.47. The van der Waals surface area contributed by atoms with Crippen LogP contribution in [0.15, 0.2) is 16.7 Å². The zero-order valence-corrected chi connectivity index (χ0v) is 9.95. The van der Waals surface area contributed by atoms with Crippen LogP contribution < -0.4 is 5.73 Å². The Morgan fingerprint density at radius 1 is 1.31 bits per heavy atom. The lowest BCUT2D eigenvalue weighted by Gasteiger charge is -2.18. The summed E-state index contributed by atoms with van der Waals surface area (Å²) in [6, 6.07) is 1.92. The van der Waals surface area contributed by atoms with Crippen molar-refractivity contribution >= 4 is 11.1 Å². The van der Waals surface area contributed by atoms with Crippen molar-refractivity contribution in [2.24, 2.45) is 5.73 Å². The average Bonchev–Trinajstić information content (AvgIpc) is 2.63. The highest BCUT2D eigenvalue weighted by Gasteiger charge is 2.21. The molecule has 4 heteroatoms. The van der Waals surface area contributed by atoms with Crippen LogP contribution >= 0.6 is 0 Å². The summed E-state index contributed by atoms with van der Waals surface area (Å²) in [6.45, 7) is 6.95. The van der Waals surface area contributed by atoms with E-state index in [1.54, 1.807) is 6.26 Å². The highest BCUT2D eigenvalue weighted by Crippen LogP contribution is 2.28. The van der Waals surface area contributed by atoms with Crippen molar-refractivity contribution in [1.29, 1.82) is 0 Å². The number of nitrogens with two attached hydrogens (primary N) is 1. The molecule has 0 saturated carbocycles. The summed E-state index contributed by atoms with van der Waals surface area (Å²) in [6.07, 6.45) is 2.33. The largest absolute Gasteiger partial charge is 0.446 e. The molecule has 0 radical (unpaired) electrons. The number of rotatable bonds is 2. The lowest BCUT2D eigenvalue weighted by molar-refractivity contribution is 0.561. The molecule has 0 saturated heterocycles. The summed E-state index contributed by atoms with van der Waals surface area (Å²) in [7, 11) is 0. The maximum absolute atomic E-state index is 5.53. The van der Waals surface area contributed by atoms with Crippen LogP contribution in [-0.2, 0) is 11.8 Å². The second-order valence-electron chi connectivity index (χ2n) is 4.92. The molecule has 0 fully saturated rings. The van der Waals surface area contributed by atoms with Crippen LogP contribution in [0.5, 0.6) is 0 Å². The first kappa shape index (κ1) is 11.1. The maximum atomic E-state index is 5.53. The van der Waals surface area contributed by atoms with Crippen molar-refractivity contribution in [2.45, 2.75) is 32.6 Å². The van der Waals surface area contributed by atoms with Crippen molar-refractivity contribution in [3.63, 3.8) is 0 Å². The highest BCUT2D eigenvalue weighted by molar-refractivity contribution is 5.77. The second kappa shape index (κ2) is 3.87. The van der Waals surface area contributed by atoms with Crippen molar-refractivity contribution in [2.75, 3.05) is 6.54 Å². The van der Waals surface area contributed by atoms with Gasteiger partial charge in [-0.2, -0.15) is 4.98 Å². The minimum absolute atomic E-state index is 0.0194. The van der Waals surface area contributed by atoms with Crippen LogP contribution in [-0.4, -0.2) is 16.5 Å². The Morgan fingerprint density at radius 2 is 2.06 bits per heavy atom. The third kappa shape index (κ3) is 1.93. The van der Waals surface area contributed by atoms with Crippen LogP contribution in [0.3, 0.4) is 0 Å². The molecule has 4 nitrogen and oxygen atoms in total. The van der Waals surface area contributed by atoms with Crippen molar-refractivity contribution in [3.05, 3.63) is 23.8 Å². The van der Waals surface area contributed by atoms with Crippen LogP contribution in [0.25, 0.3) is 11.1 Å². The van der Waals surface area contributed by atoms with Gasteiger partial charge in [-0.15, -0.1) is 0 Å². The molecule has 16 heavy (non-hydrogen) atoms. The van der Waals surface area contributed by atoms with Gasteiger partial charge in [0.25, 0.3) is 0 Å². The van der Waals surface area contributed by atoms with Gasteiger partial charge >= 0.3 is 0 Å². The van der Waals surface area contributed by atoms with Crippen LogP contribution in [0, 0.1) is 0 Å². The van der Waals surface area contributed by atoms with Gasteiger partial charge < -0.3 is 10.2 Å². The maximum Gasteiger partial charge on any atom is 0.229 e. The monoisotopic (exact) mass is 219 g/mol. The van der Waals surface area contributed by atoms with E-state index in [4.69, 9.17) is 10.2 Å². The SMILES string of the molecule is CC(C)(C)c1nc(CCN)nc2occc12. The standard InChI is InChI=1S/C12H17N3O/c1-12(2,3)10-8-5-7-16-11(8)15-9(14-10)4-6-13/h5,7H,4,6,13H2,1-3H3. The number of hydrogen-bond donors (Lipinski definition) is 1. The quantitative estimate of drug-likeness (QED) is 0.839. The molecule has 0 aliphatic rings. The van der Waals surface area contributed by atoms with Gasteiger partial charge in [0.05, 0.1) is 17.3 Å². The smallest absolute Gasteiger partial charge is 0.229 e. The summed E-state index contributed by atoms with van der Waals surface area (Å²) in [5, 5.41) is 0.994. The first-order chi connectivity index (χ1) is 7.52. The predicted octanol–water partition coefficient (Wildman–Crippen LogP) is 2.02. The summed E-state index contributed by atoms with van der Waals surface area (Å²) in [5.74, 6) is 0.759. The van der Waals surface area contributed by atoms with E-state index in [0.717, 1.165) is 16.9 Å². The first-order valence-corrected chi connectivity index (χ1v) is 5.47. The van der Waals surface area contributed by atoms with Crippen molar-refractivity contribution in [1.82, 2.24) is 9.97 Å². The summed E-state index contributed by atoms with van der Waals surface area (Å²) in [5.41, 5.74) is 7.19. The Kier molecular flexibility index (Phi) is 2.68. The molecule has 86 valence electrons. The van der Waals surface area contributed by atoms with E-state index in [2.05, 4.69) is 30.7 Å². The Hall–Kier alpha value is -1.42. The lowest BCUT2D eigenvalue weighted by Crippen LogP contribution is -2.17. The lowest BCUT2D eigenvalue weighted by atomic mass is 9.90.